The molecule has 4 nitrogen and oxygen atoms in total. The van der Waals surface area contributed by atoms with Gasteiger partial charge in [-0.2, -0.15) is 0 Å². The second-order valence-corrected chi connectivity index (χ2v) is 8.94. The number of unbranched alkanes of at least 4 members (excludes halogenated alkanes) is 3. The predicted octanol–water partition coefficient (Wildman–Crippen LogP) is 4.12. The average molecular weight is 361 g/mol. The molecule has 25 heavy (non-hydrogen) atoms. The molecule has 0 aliphatic carbocycles. The molecule has 0 spiro atoms. The topological polar surface area (TPSA) is 42.3 Å². The van der Waals surface area contributed by atoms with Gasteiger partial charge in [-0.15, -0.1) is 0 Å². The van der Waals surface area contributed by atoms with Crippen LogP contribution in [0.3, 0.4) is 0 Å². The van der Waals surface area contributed by atoms with Crippen molar-refractivity contribution >= 4 is 26.5 Å². The largest absolute Gasteiger partial charge is 0.302 e. The molecule has 0 saturated heterocycles. The standard InChI is InChI=1S/C20H28N2O2S/c1-3-4-5-8-15-25(23,24)22-16-19(17-11-13-21(2)14-12-17)18-9-6-7-10-20(18)22/h6-7,9-11,16H,3-5,8,12-15H2,1-2H3. The summed E-state index contributed by atoms with van der Waals surface area (Å²) in [5, 5.41) is 1.04. The summed E-state index contributed by atoms with van der Waals surface area (Å²) in [6.07, 6.45) is 8.93. The van der Waals surface area contributed by atoms with Crippen molar-refractivity contribution in [3.63, 3.8) is 0 Å². The maximum Gasteiger partial charge on any atom is 0.238 e. The van der Waals surface area contributed by atoms with Crippen LogP contribution in [0, 0.1) is 0 Å². The van der Waals surface area contributed by atoms with E-state index in [0.717, 1.165) is 61.7 Å². The van der Waals surface area contributed by atoms with E-state index >= 15 is 0 Å². The van der Waals surface area contributed by atoms with Crippen molar-refractivity contribution in [2.24, 2.45) is 0 Å². The molecule has 0 N–H and O–H groups in total. The van der Waals surface area contributed by atoms with Gasteiger partial charge in [0.2, 0.25) is 10.0 Å². The average Bonchev–Trinajstić information content (AvgIpc) is 3.00. The first-order chi connectivity index (χ1) is 12.0. The van der Waals surface area contributed by atoms with Crippen molar-refractivity contribution in [2.45, 2.75) is 39.0 Å². The number of likely N-dealkylation sites (N-methyl/N-ethyl adjacent to an activating group) is 1. The smallest absolute Gasteiger partial charge is 0.238 e. The van der Waals surface area contributed by atoms with Gasteiger partial charge in [-0.1, -0.05) is 50.5 Å². The zero-order valence-electron chi connectivity index (χ0n) is 15.2. The Balaban J connectivity index is 1.97. The molecule has 1 aromatic heterocycles. The Hall–Kier alpha value is -1.59. The van der Waals surface area contributed by atoms with E-state index in [9.17, 15) is 8.42 Å². The van der Waals surface area contributed by atoms with Crippen LogP contribution in [0.4, 0.5) is 0 Å². The number of benzene rings is 1. The third-order valence-corrected chi connectivity index (χ3v) is 6.70. The Morgan fingerprint density at radius 2 is 1.92 bits per heavy atom. The quantitative estimate of drug-likeness (QED) is 0.698. The van der Waals surface area contributed by atoms with Crippen LogP contribution in [-0.2, 0) is 10.0 Å². The van der Waals surface area contributed by atoms with Gasteiger partial charge >= 0.3 is 0 Å². The van der Waals surface area contributed by atoms with E-state index in [-0.39, 0.29) is 5.75 Å². The lowest BCUT2D eigenvalue weighted by atomic mass is 9.99. The maximum atomic E-state index is 12.9. The van der Waals surface area contributed by atoms with Gasteiger partial charge in [0.25, 0.3) is 0 Å². The molecular formula is C20H28N2O2S. The summed E-state index contributed by atoms with van der Waals surface area (Å²) < 4.78 is 27.3. The molecule has 0 radical (unpaired) electrons. The molecule has 0 bridgehead atoms. The van der Waals surface area contributed by atoms with Crippen molar-refractivity contribution in [2.75, 3.05) is 25.9 Å². The van der Waals surface area contributed by atoms with Crippen LogP contribution in [0.25, 0.3) is 16.5 Å². The van der Waals surface area contributed by atoms with E-state index in [4.69, 9.17) is 0 Å². The molecule has 0 fully saturated rings. The van der Waals surface area contributed by atoms with Gasteiger partial charge < -0.3 is 4.90 Å². The van der Waals surface area contributed by atoms with Crippen LogP contribution in [0.2, 0.25) is 0 Å². The Labute approximate surface area is 151 Å². The molecule has 0 amide bonds. The van der Waals surface area contributed by atoms with Crippen LogP contribution >= 0.6 is 0 Å². The van der Waals surface area contributed by atoms with Gasteiger partial charge in [0, 0.05) is 30.2 Å². The van der Waals surface area contributed by atoms with E-state index in [0.29, 0.717) is 0 Å². The fourth-order valence-electron chi connectivity index (χ4n) is 3.46. The normalized spacial score (nSPS) is 16.3. The number of hydrogen-bond donors (Lipinski definition) is 0. The van der Waals surface area contributed by atoms with Crippen LogP contribution < -0.4 is 0 Å². The minimum absolute atomic E-state index is 0.215. The highest BCUT2D eigenvalue weighted by Crippen LogP contribution is 2.31. The van der Waals surface area contributed by atoms with Crippen molar-refractivity contribution in [1.82, 2.24) is 8.87 Å². The zero-order valence-corrected chi connectivity index (χ0v) is 16.1. The van der Waals surface area contributed by atoms with Crippen molar-refractivity contribution in [3.8, 4) is 0 Å². The summed E-state index contributed by atoms with van der Waals surface area (Å²) in [6, 6.07) is 7.85. The summed E-state index contributed by atoms with van der Waals surface area (Å²) in [4.78, 5) is 2.27. The SMILES string of the molecule is CCCCCCS(=O)(=O)n1cc(C2=CCN(C)CC2)c2ccccc21. The second kappa shape index (κ2) is 7.75. The Morgan fingerprint density at radius 3 is 2.64 bits per heavy atom. The van der Waals surface area contributed by atoms with Crippen LogP contribution in [0.1, 0.15) is 44.6 Å². The highest BCUT2D eigenvalue weighted by atomic mass is 32.2. The van der Waals surface area contributed by atoms with Crippen molar-refractivity contribution in [1.29, 1.82) is 0 Å². The van der Waals surface area contributed by atoms with Crippen LogP contribution in [0.5, 0.6) is 0 Å². The molecule has 5 heteroatoms. The molecule has 1 aliphatic heterocycles. The van der Waals surface area contributed by atoms with E-state index in [2.05, 4.69) is 24.9 Å². The lowest BCUT2D eigenvalue weighted by Crippen LogP contribution is -2.23. The summed E-state index contributed by atoms with van der Waals surface area (Å²) >= 11 is 0. The van der Waals surface area contributed by atoms with Gasteiger partial charge in [-0.25, -0.2) is 12.4 Å². The maximum absolute atomic E-state index is 12.9. The minimum Gasteiger partial charge on any atom is -0.302 e. The summed E-state index contributed by atoms with van der Waals surface area (Å²) in [5.41, 5.74) is 3.13. The van der Waals surface area contributed by atoms with Gasteiger partial charge in [0.1, 0.15) is 0 Å². The van der Waals surface area contributed by atoms with Gasteiger partial charge in [0.15, 0.2) is 0 Å². The molecule has 1 aromatic carbocycles. The predicted molar refractivity (Wildman–Crippen MR) is 105 cm³/mol. The molecule has 0 atom stereocenters. The number of hydrogen-bond acceptors (Lipinski definition) is 3. The highest BCUT2D eigenvalue weighted by molar-refractivity contribution is 7.90. The monoisotopic (exact) mass is 360 g/mol. The van der Waals surface area contributed by atoms with Gasteiger partial charge in [0.05, 0.1) is 11.3 Å². The van der Waals surface area contributed by atoms with Crippen molar-refractivity contribution < 1.29 is 8.42 Å². The number of para-hydroxylation sites is 1. The Bertz CT molecular complexity index is 865. The second-order valence-electron chi connectivity index (χ2n) is 6.97. The molecule has 3 rings (SSSR count). The summed E-state index contributed by atoms with van der Waals surface area (Å²) in [7, 11) is -1.21. The Kier molecular flexibility index (Phi) is 5.64. The molecular weight excluding hydrogens is 332 g/mol. The van der Waals surface area contributed by atoms with E-state index in [1.807, 2.05) is 30.5 Å². The molecule has 2 heterocycles. The first-order valence-electron chi connectivity index (χ1n) is 9.24. The highest BCUT2D eigenvalue weighted by Gasteiger charge is 2.21. The van der Waals surface area contributed by atoms with E-state index in [1.54, 1.807) is 0 Å². The molecule has 0 saturated carbocycles. The zero-order chi connectivity index (χ0) is 17.9. The minimum atomic E-state index is -3.32. The third kappa shape index (κ3) is 3.98. The summed E-state index contributed by atoms with van der Waals surface area (Å²) in [6.45, 7) is 4.06. The van der Waals surface area contributed by atoms with E-state index < -0.39 is 10.0 Å². The van der Waals surface area contributed by atoms with Gasteiger partial charge in [-0.05, 0) is 31.5 Å². The van der Waals surface area contributed by atoms with Crippen molar-refractivity contribution in [3.05, 3.63) is 42.1 Å². The number of aromatic nitrogens is 1. The fourth-order valence-corrected chi connectivity index (χ4v) is 4.95. The number of rotatable bonds is 7. The molecule has 136 valence electrons. The number of nitrogens with zero attached hydrogens (tertiary/aromatic N) is 2. The molecule has 2 aromatic rings. The summed E-state index contributed by atoms with van der Waals surface area (Å²) in [5.74, 6) is 0.215. The lowest BCUT2D eigenvalue weighted by Gasteiger charge is -2.21. The lowest BCUT2D eigenvalue weighted by molar-refractivity contribution is 0.370. The van der Waals surface area contributed by atoms with Crippen LogP contribution in [0.15, 0.2) is 36.5 Å². The fraction of sp³-hybridized carbons (Fsp3) is 0.500. The first kappa shape index (κ1) is 18.2. The third-order valence-electron chi connectivity index (χ3n) is 4.99. The molecule has 0 unspecified atom stereocenters. The van der Waals surface area contributed by atoms with Gasteiger partial charge in [-0.3, -0.25) is 0 Å². The Morgan fingerprint density at radius 1 is 1.12 bits per heavy atom. The molecule has 1 aliphatic rings. The van der Waals surface area contributed by atoms with E-state index in [1.165, 1.54) is 9.55 Å². The van der Waals surface area contributed by atoms with Crippen LogP contribution in [-0.4, -0.2) is 43.2 Å². The first-order valence-corrected chi connectivity index (χ1v) is 10.8. The number of fused-ring (bicyclic) bond motifs is 1.